The van der Waals surface area contributed by atoms with Crippen molar-refractivity contribution in [2.45, 2.75) is 13.0 Å². The van der Waals surface area contributed by atoms with Gasteiger partial charge in [0.25, 0.3) is 0 Å². The lowest BCUT2D eigenvalue weighted by Gasteiger charge is -2.38. The number of guanidine groups is 1. The number of aliphatic imine (C=N–C) groups is 1. The predicted octanol–water partition coefficient (Wildman–Crippen LogP) is 3.37. The van der Waals surface area contributed by atoms with Gasteiger partial charge in [0, 0.05) is 46.2 Å². The maximum Gasteiger partial charge on any atom is 0.194 e. The summed E-state index contributed by atoms with van der Waals surface area (Å²) in [6.07, 6.45) is 0.912. The Kier molecular flexibility index (Phi) is 8.51. The first-order chi connectivity index (χ1) is 14.8. The summed E-state index contributed by atoms with van der Waals surface area (Å²) < 4.78 is 17.0. The zero-order chi connectivity index (χ0) is 20.8. The minimum Gasteiger partial charge on any atom is -0.495 e. The monoisotopic (exact) mass is 538 g/mol. The maximum absolute atomic E-state index is 5.80. The average molecular weight is 538 g/mol. The van der Waals surface area contributed by atoms with Crippen molar-refractivity contribution >= 4 is 35.6 Å². The molecule has 1 saturated heterocycles. The van der Waals surface area contributed by atoms with Crippen molar-refractivity contribution in [3.8, 4) is 17.2 Å². The molecule has 1 N–H and O–H groups in total. The number of rotatable bonds is 4. The number of fused-ring (bicyclic) bond motifs is 1. The number of ether oxygens (including phenoxy) is 3. The van der Waals surface area contributed by atoms with Gasteiger partial charge < -0.3 is 29.3 Å². The number of anilines is 1. The van der Waals surface area contributed by atoms with Crippen LogP contribution in [0.15, 0.2) is 47.5 Å². The number of para-hydroxylation sites is 2. The van der Waals surface area contributed by atoms with Crippen molar-refractivity contribution in [1.29, 1.82) is 0 Å². The molecule has 2 aliphatic heterocycles. The van der Waals surface area contributed by atoms with Gasteiger partial charge in [-0.15, -0.1) is 24.0 Å². The number of benzene rings is 2. The molecule has 0 atom stereocenters. The molecule has 2 aromatic rings. The molecule has 0 radical (unpaired) electrons. The number of methoxy groups -OCH3 is 1. The molecular weight excluding hydrogens is 507 g/mol. The third-order valence-electron chi connectivity index (χ3n) is 5.48. The van der Waals surface area contributed by atoms with Crippen molar-refractivity contribution in [3.05, 3.63) is 48.0 Å². The summed E-state index contributed by atoms with van der Waals surface area (Å²) in [4.78, 5) is 9.16. The highest BCUT2D eigenvalue weighted by molar-refractivity contribution is 14.0. The van der Waals surface area contributed by atoms with Crippen LogP contribution in [0.25, 0.3) is 0 Å². The Hall–Kier alpha value is -2.36. The number of hydrogen-bond donors (Lipinski definition) is 1. The van der Waals surface area contributed by atoms with Crippen LogP contribution < -0.4 is 24.4 Å². The summed E-state index contributed by atoms with van der Waals surface area (Å²) in [5.74, 6) is 3.49. The molecule has 4 rings (SSSR count). The highest BCUT2D eigenvalue weighted by Gasteiger charge is 2.21. The minimum absolute atomic E-state index is 0. The summed E-state index contributed by atoms with van der Waals surface area (Å²) in [6.45, 7) is 5.74. The lowest BCUT2D eigenvalue weighted by Crippen LogP contribution is -2.52. The Morgan fingerprint density at radius 2 is 1.77 bits per heavy atom. The van der Waals surface area contributed by atoms with Crippen molar-refractivity contribution in [1.82, 2.24) is 10.2 Å². The van der Waals surface area contributed by atoms with E-state index in [1.807, 2.05) is 25.2 Å². The van der Waals surface area contributed by atoms with Crippen LogP contribution >= 0.6 is 24.0 Å². The van der Waals surface area contributed by atoms with Crippen molar-refractivity contribution in [2.75, 3.05) is 58.5 Å². The van der Waals surface area contributed by atoms with Gasteiger partial charge in [-0.25, -0.2) is 0 Å². The summed E-state index contributed by atoms with van der Waals surface area (Å²) in [6, 6.07) is 14.3. The van der Waals surface area contributed by atoms with Gasteiger partial charge in [-0.1, -0.05) is 18.2 Å². The van der Waals surface area contributed by atoms with E-state index in [-0.39, 0.29) is 24.0 Å². The molecule has 0 aliphatic carbocycles. The van der Waals surface area contributed by atoms with Gasteiger partial charge in [-0.05, 0) is 29.8 Å². The van der Waals surface area contributed by atoms with Gasteiger partial charge in [0.15, 0.2) is 17.5 Å². The van der Waals surface area contributed by atoms with E-state index in [0.29, 0.717) is 19.8 Å². The van der Waals surface area contributed by atoms with Crippen LogP contribution in [0.5, 0.6) is 17.2 Å². The highest BCUT2D eigenvalue weighted by atomic mass is 127. The largest absolute Gasteiger partial charge is 0.495 e. The normalized spacial score (nSPS) is 16.3. The van der Waals surface area contributed by atoms with Crippen LogP contribution in [0, 0.1) is 0 Å². The van der Waals surface area contributed by atoms with Crippen LogP contribution in [0.3, 0.4) is 0 Å². The molecule has 2 aromatic carbocycles. The summed E-state index contributed by atoms with van der Waals surface area (Å²) in [7, 11) is 3.56. The summed E-state index contributed by atoms with van der Waals surface area (Å²) in [5.41, 5.74) is 2.29. The Labute approximate surface area is 201 Å². The van der Waals surface area contributed by atoms with Crippen molar-refractivity contribution in [3.63, 3.8) is 0 Å². The number of hydrogen-bond acceptors (Lipinski definition) is 5. The lowest BCUT2D eigenvalue weighted by molar-refractivity contribution is 0.297. The van der Waals surface area contributed by atoms with E-state index < -0.39 is 0 Å². The third-order valence-corrected chi connectivity index (χ3v) is 5.48. The fourth-order valence-electron chi connectivity index (χ4n) is 3.88. The van der Waals surface area contributed by atoms with Gasteiger partial charge in [0.05, 0.1) is 26.0 Å². The van der Waals surface area contributed by atoms with Gasteiger partial charge >= 0.3 is 0 Å². The van der Waals surface area contributed by atoms with Gasteiger partial charge in [-0.3, -0.25) is 4.99 Å². The molecule has 7 nitrogen and oxygen atoms in total. The fraction of sp³-hybridized carbons (Fsp3) is 0.435. The second-order valence-electron chi connectivity index (χ2n) is 7.38. The first-order valence-corrected chi connectivity index (χ1v) is 10.5. The molecule has 0 saturated carbocycles. The molecule has 31 heavy (non-hydrogen) atoms. The van der Waals surface area contributed by atoms with Gasteiger partial charge in [-0.2, -0.15) is 0 Å². The minimum atomic E-state index is 0. The van der Waals surface area contributed by atoms with E-state index >= 15 is 0 Å². The molecule has 2 heterocycles. The van der Waals surface area contributed by atoms with E-state index in [0.717, 1.165) is 67.1 Å². The quantitative estimate of drug-likeness (QED) is 0.366. The van der Waals surface area contributed by atoms with E-state index in [4.69, 9.17) is 14.2 Å². The second kappa shape index (κ2) is 11.3. The molecule has 0 aromatic heterocycles. The van der Waals surface area contributed by atoms with Crippen LogP contribution in [0.2, 0.25) is 0 Å². The Bertz CT molecular complexity index is 885. The Balaban J connectivity index is 0.00000272. The second-order valence-corrected chi connectivity index (χ2v) is 7.38. The fourth-order valence-corrected chi connectivity index (χ4v) is 3.88. The molecular formula is C23H31IN4O3. The highest BCUT2D eigenvalue weighted by Crippen LogP contribution is 2.30. The zero-order valence-corrected chi connectivity index (χ0v) is 20.5. The predicted molar refractivity (Wildman–Crippen MR) is 134 cm³/mol. The molecule has 0 bridgehead atoms. The molecule has 0 amide bonds. The van der Waals surface area contributed by atoms with E-state index in [9.17, 15) is 0 Å². The first-order valence-electron chi connectivity index (χ1n) is 10.5. The van der Waals surface area contributed by atoms with Crippen LogP contribution in [0.4, 0.5) is 5.69 Å². The number of nitrogens with one attached hydrogen (secondary N) is 1. The SMILES string of the molecule is CN=C(NCc1ccc2c(c1)OCCCO2)N1CCN(c2ccccc2OC)CC1.I. The zero-order valence-electron chi connectivity index (χ0n) is 18.2. The first kappa shape index (κ1) is 23.3. The van der Waals surface area contributed by atoms with Crippen LogP contribution in [-0.4, -0.2) is 64.4 Å². The molecule has 168 valence electrons. The Morgan fingerprint density at radius 1 is 1.03 bits per heavy atom. The van der Waals surface area contributed by atoms with E-state index in [1.54, 1.807) is 7.11 Å². The number of nitrogens with zero attached hydrogens (tertiary/aromatic N) is 3. The molecule has 0 spiro atoms. The van der Waals surface area contributed by atoms with Crippen LogP contribution in [-0.2, 0) is 6.54 Å². The summed E-state index contributed by atoms with van der Waals surface area (Å²) >= 11 is 0. The molecule has 2 aliphatic rings. The van der Waals surface area contributed by atoms with Crippen LogP contribution in [0.1, 0.15) is 12.0 Å². The number of piperazine rings is 1. The maximum atomic E-state index is 5.80. The van der Waals surface area contributed by atoms with Gasteiger partial charge in [0.1, 0.15) is 5.75 Å². The van der Waals surface area contributed by atoms with E-state index in [1.165, 1.54) is 0 Å². The van der Waals surface area contributed by atoms with E-state index in [2.05, 4.69) is 44.4 Å². The molecule has 8 heteroatoms. The number of halogens is 1. The smallest absolute Gasteiger partial charge is 0.194 e. The third kappa shape index (κ3) is 5.66. The average Bonchev–Trinajstić information content (AvgIpc) is 3.05. The van der Waals surface area contributed by atoms with Crippen molar-refractivity contribution in [2.24, 2.45) is 4.99 Å². The molecule has 0 unspecified atom stereocenters. The van der Waals surface area contributed by atoms with Crippen molar-refractivity contribution < 1.29 is 14.2 Å². The summed E-state index contributed by atoms with van der Waals surface area (Å²) in [5, 5.41) is 3.49. The topological polar surface area (TPSA) is 58.6 Å². The molecule has 1 fully saturated rings. The van der Waals surface area contributed by atoms with Gasteiger partial charge in [0.2, 0.25) is 0 Å². The lowest BCUT2D eigenvalue weighted by atomic mass is 10.2. The standard InChI is InChI=1S/C23H30N4O3.HI/c1-24-23(25-17-18-8-9-21-22(16-18)30-15-5-14-29-21)27-12-10-26(11-13-27)19-6-3-4-7-20(19)28-2;/h3-4,6-9,16H,5,10-15,17H2,1-2H3,(H,24,25);1H. The Morgan fingerprint density at radius 3 is 2.52 bits per heavy atom.